The molecule has 0 aromatic heterocycles. The van der Waals surface area contributed by atoms with E-state index in [2.05, 4.69) is 5.32 Å². The van der Waals surface area contributed by atoms with Gasteiger partial charge in [0.25, 0.3) is 0 Å². The zero-order valence-electron chi connectivity index (χ0n) is 20.9. The molecule has 1 aliphatic heterocycles. The van der Waals surface area contributed by atoms with Crippen molar-refractivity contribution in [2.24, 2.45) is 11.8 Å². The molecule has 2 aromatic rings. The van der Waals surface area contributed by atoms with Crippen LogP contribution in [0.25, 0.3) is 0 Å². The number of carbonyl (C=O) groups excluding carboxylic acids is 1. The van der Waals surface area contributed by atoms with Gasteiger partial charge in [-0.2, -0.15) is 0 Å². The van der Waals surface area contributed by atoms with Crippen molar-refractivity contribution in [1.29, 1.82) is 0 Å². The second kappa shape index (κ2) is 13.1. The molecule has 0 spiro atoms. The number of benzene rings is 2. The Morgan fingerprint density at radius 1 is 0.944 bits per heavy atom. The second-order valence-corrected chi connectivity index (χ2v) is 9.87. The van der Waals surface area contributed by atoms with Gasteiger partial charge in [-0.1, -0.05) is 68.4 Å². The average Bonchev–Trinajstić information content (AvgIpc) is 3.38. The molecule has 0 saturated carbocycles. The lowest BCUT2D eigenvalue weighted by molar-refractivity contribution is -0.142. The molecule has 3 atom stereocenters. The van der Waals surface area contributed by atoms with Gasteiger partial charge in [-0.15, -0.1) is 0 Å². The third-order valence-corrected chi connectivity index (χ3v) is 6.40. The Kier molecular flexibility index (Phi) is 9.87. The predicted octanol–water partition coefficient (Wildman–Crippen LogP) is 3.80. The summed E-state index contributed by atoms with van der Waals surface area (Å²) in [6.07, 6.45) is 1.38. The van der Waals surface area contributed by atoms with Gasteiger partial charge >= 0.3 is 18.0 Å². The third-order valence-electron chi connectivity index (χ3n) is 6.40. The number of hydrogen-bond donors (Lipinski definition) is 3. The highest BCUT2D eigenvalue weighted by atomic mass is 16.5. The first-order valence-electron chi connectivity index (χ1n) is 12.4. The summed E-state index contributed by atoms with van der Waals surface area (Å²) in [6, 6.07) is 15.3. The van der Waals surface area contributed by atoms with Crippen molar-refractivity contribution in [1.82, 2.24) is 10.2 Å². The molecule has 1 saturated heterocycles. The molecule has 8 heteroatoms. The van der Waals surface area contributed by atoms with Crippen LogP contribution in [0.5, 0.6) is 0 Å². The molecular weight excluding hydrogens is 460 g/mol. The van der Waals surface area contributed by atoms with Crippen molar-refractivity contribution in [3.8, 4) is 0 Å². The predicted molar refractivity (Wildman–Crippen MR) is 136 cm³/mol. The summed E-state index contributed by atoms with van der Waals surface area (Å²) >= 11 is 0. The van der Waals surface area contributed by atoms with Gasteiger partial charge in [-0.25, -0.2) is 9.59 Å². The number of carboxylic acid groups (broad SMARTS) is 2. The Hall–Kier alpha value is -3.39. The number of amides is 2. The quantitative estimate of drug-likeness (QED) is 0.412. The minimum atomic E-state index is -1.14. The highest BCUT2D eigenvalue weighted by Gasteiger charge is 2.28. The van der Waals surface area contributed by atoms with Gasteiger partial charge < -0.3 is 25.2 Å². The van der Waals surface area contributed by atoms with Gasteiger partial charge in [-0.05, 0) is 35.4 Å². The molecular formula is C28H36N2O6. The van der Waals surface area contributed by atoms with Crippen LogP contribution in [0.4, 0.5) is 4.79 Å². The number of rotatable bonds is 12. The molecule has 1 aliphatic rings. The van der Waals surface area contributed by atoms with Gasteiger partial charge in [-0.3, -0.25) is 4.79 Å². The molecule has 1 fully saturated rings. The first-order chi connectivity index (χ1) is 17.2. The fourth-order valence-corrected chi connectivity index (χ4v) is 4.48. The van der Waals surface area contributed by atoms with Crippen molar-refractivity contribution in [2.45, 2.75) is 45.1 Å². The normalized spacial score (nSPS) is 16.9. The summed E-state index contributed by atoms with van der Waals surface area (Å²) in [4.78, 5) is 38.6. The van der Waals surface area contributed by atoms with Crippen LogP contribution in [-0.4, -0.2) is 65.4 Å². The summed E-state index contributed by atoms with van der Waals surface area (Å²) in [6.45, 7) is 5.60. The standard InChI is InChI=1S/C28H36N2O6/c1-19(2)16-30(17-24(26(31)32)14-20-6-4-3-5-7-20)28(35)29-25(27(33)34)15-21-8-10-22(11-9-21)23-12-13-36-18-23/h3-11,19,23-25H,12-18H2,1-2H3,(H,29,35)(H,31,32)(H,33,34)/t23?,24?,25-/m0/s1. The Morgan fingerprint density at radius 2 is 1.61 bits per heavy atom. The van der Waals surface area contributed by atoms with Crippen LogP contribution in [-0.2, 0) is 27.2 Å². The minimum absolute atomic E-state index is 0.0151. The number of urea groups is 1. The Morgan fingerprint density at radius 3 is 2.17 bits per heavy atom. The van der Waals surface area contributed by atoms with Gasteiger partial charge in [0.1, 0.15) is 6.04 Å². The number of nitrogens with zero attached hydrogens (tertiary/aromatic N) is 1. The van der Waals surface area contributed by atoms with Crippen LogP contribution in [0.15, 0.2) is 54.6 Å². The van der Waals surface area contributed by atoms with E-state index in [-0.39, 0.29) is 25.3 Å². The fraction of sp³-hybridized carbons (Fsp3) is 0.464. The molecule has 8 nitrogen and oxygen atoms in total. The lowest BCUT2D eigenvalue weighted by atomic mass is 9.96. The fourth-order valence-electron chi connectivity index (χ4n) is 4.48. The lowest BCUT2D eigenvalue weighted by Crippen LogP contribution is -2.51. The lowest BCUT2D eigenvalue weighted by Gasteiger charge is -2.29. The second-order valence-electron chi connectivity index (χ2n) is 9.87. The maximum Gasteiger partial charge on any atom is 0.326 e. The smallest absolute Gasteiger partial charge is 0.326 e. The molecule has 2 unspecified atom stereocenters. The van der Waals surface area contributed by atoms with Gasteiger partial charge in [0.05, 0.1) is 12.5 Å². The SMILES string of the molecule is CC(C)CN(CC(Cc1ccccc1)C(=O)O)C(=O)N[C@@H](Cc1ccc(C2CCOC2)cc1)C(=O)O. The van der Waals surface area contributed by atoms with E-state index in [1.54, 1.807) is 0 Å². The molecule has 2 amide bonds. The van der Waals surface area contributed by atoms with Crippen molar-refractivity contribution >= 4 is 18.0 Å². The summed E-state index contributed by atoms with van der Waals surface area (Å²) < 4.78 is 5.44. The number of carbonyl (C=O) groups is 3. The third kappa shape index (κ3) is 8.09. The highest BCUT2D eigenvalue weighted by Crippen LogP contribution is 2.25. The number of aliphatic carboxylic acids is 2. The van der Waals surface area contributed by atoms with Crippen molar-refractivity contribution in [2.75, 3.05) is 26.3 Å². The number of nitrogens with one attached hydrogen (secondary N) is 1. The minimum Gasteiger partial charge on any atom is -0.481 e. The van der Waals surface area contributed by atoms with E-state index < -0.39 is 29.9 Å². The number of carboxylic acids is 2. The number of hydrogen-bond acceptors (Lipinski definition) is 4. The highest BCUT2D eigenvalue weighted by molar-refractivity contribution is 5.83. The molecule has 36 heavy (non-hydrogen) atoms. The summed E-state index contributed by atoms with van der Waals surface area (Å²) in [7, 11) is 0. The number of ether oxygens (including phenoxy) is 1. The topological polar surface area (TPSA) is 116 Å². The summed E-state index contributed by atoms with van der Waals surface area (Å²) in [5.74, 6) is -2.51. The maximum absolute atomic E-state index is 13.2. The molecule has 1 heterocycles. The van der Waals surface area contributed by atoms with Crippen molar-refractivity contribution in [3.63, 3.8) is 0 Å². The van der Waals surface area contributed by atoms with Crippen molar-refractivity contribution in [3.05, 3.63) is 71.3 Å². The van der Waals surface area contributed by atoms with Crippen LogP contribution in [0.3, 0.4) is 0 Å². The molecule has 0 bridgehead atoms. The monoisotopic (exact) mass is 496 g/mol. The van der Waals surface area contributed by atoms with E-state index >= 15 is 0 Å². The molecule has 194 valence electrons. The van der Waals surface area contributed by atoms with E-state index in [0.717, 1.165) is 29.7 Å². The average molecular weight is 497 g/mol. The van der Waals surface area contributed by atoms with E-state index in [1.165, 1.54) is 4.90 Å². The zero-order valence-corrected chi connectivity index (χ0v) is 20.9. The van der Waals surface area contributed by atoms with E-state index in [4.69, 9.17) is 4.74 Å². The first kappa shape index (κ1) is 27.2. The van der Waals surface area contributed by atoms with Gasteiger partial charge in [0.2, 0.25) is 0 Å². The molecule has 0 radical (unpaired) electrons. The Bertz CT molecular complexity index is 1000. The van der Waals surface area contributed by atoms with Gasteiger partial charge in [0, 0.05) is 32.0 Å². The molecule has 3 N–H and O–H groups in total. The summed E-state index contributed by atoms with van der Waals surface area (Å²) in [5, 5.41) is 22.2. The molecule has 0 aliphatic carbocycles. The van der Waals surface area contributed by atoms with Crippen LogP contribution >= 0.6 is 0 Å². The maximum atomic E-state index is 13.2. The van der Waals surface area contributed by atoms with Crippen LogP contribution in [0, 0.1) is 11.8 Å². The van der Waals surface area contributed by atoms with Gasteiger partial charge in [0.15, 0.2) is 0 Å². The Labute approximate surface area is 212 Å². The van der Waals surface area contributed by atoms with Crippen LogP contribution in [0.1, 0.15) is 42.9 Å². The van der Waals surface area contributed by atoms with E-state index in [0.29, 0.717) is 19.1 Å². The zero-order chi connectivity index (χ0) is 26.1. The molecule has 2 aromatic carbocycles. The van der Waals surface area contributed by atoms with E-state index in [9.17, 15) is 24.6 Å². The molecule has 3 rings (SSSR count). The van der Waals surface area contributed by atoms with Crippen molar-refractivity contribution < 1.29 is 29.3 Å². The largest absolute Gasteiger partial charge is 0.481 e. The Balaban J connectivity index is 1.68. The van der Waals surface area contributed by atoms with Crippen LogP contribution < -0.4 is 5.32 Å². The van der Waals surface area contributed by atoms with Crippen LogP contribution in [0.2, 0.25) is 0 Å². The summed E-state index contributed by atoms with van der Waals surface area (Å²) in [5.41, 5.74) is 2.83. The van der Waals surface area contributed by atoms with E-state index in [1.807, 2.05) is 68.4 Å². The first-order valence-corrected chi connectivity index (χ1v) is 12.4.